The molecule has 3 aliphatic rings. The van der Waals surface area contributed by atoms with E-state index in [4.69, 9.17) is 0 Å². The van der Waals surface area contributed by atoms with E-state index < -0.39 is 0 Å². The Morgan fingerprint density at radius 1 is 1.35 bits per heavy atom. The summed E-state index contributed by atoms with van der Waals surface area (Å²) in [6, 6.07) is 6.61. The molecule has 0 amide bonds. The van der Waals surface area contributed by atoms with Crippen LogP contribution < -0.4 is 0 Å². The second-order valence-electron chi connectivity index (χ2n) is 6.84. The molecule has 2 atom stereocenters. The van der Waals surface area contributed by atoms with Crippen molar-refractivity contribution in [2.24, 2.45) is 5.92 Å². The van der Waals surface area contributed by atoms with Crippen LogP contribution in [-0.2, 0) is 11.8 Å². The first-order chi connectivity index (χ1) is 9.74. The number of benzene rings is 1. The molecule has 1 spiro atoms. The highest BCUT2D eigenvalue weighted by molar-refractivity contribution is 6.00. The van der Waals surface area contributed by atoms with Crippen molar-refractivity contribution >= 4 is 5.78 Å². The van der Waals surface area contributed by atoms with Gasteiger partial charge in [0, 0.05) is 17.4 Å². The number of rotatable bonds is 2. The smallest absolute Gasteiger partial charge is 0.163 e. The van der Waals surface area contributed by atoms with E-state index >= 15 is 0 Å². The number of ketones is 1. The minimum atomic E-state index is 0.303. The predicted molar refractivity (Wildman–Crippen MR) is 81.1 cm³/mol. The first kappa shape index (κ1) is 12.4. The van der Waals surface area contributed by atoms with Gasteiger partial charge in [-0.1, -0.05) is 43.2 Å². The number of fused-ring (bicyclic) bond motifs is 5. The number of Topliss-reactive ketones (excluding diaryl/α,β-unsaturated/α-hetero) is 1. The molecule has 1 nitrogen and oxygen atoms in total. The standard InChI is InChI=1S/C19H22O/c1-2-4-14-5-3-6-16-18(14)17(20)9-10-19(16)12-13-7-8-15(19)11-13/h3,5-7,15H,2,4,8-12H2,1H3. The first-order valence-electron chi connectivity index (χ1n) is 8.08. The zero-order chi connectivity index (χ0) is 13.7. The van der Waals surface area contributed by atoms with E-state index in [1.165, 1.54) is 30.4 Å². The third kappa shape index (κ3) is 1.52. The van der Waals surface area contributed by atoms with Gasteiger partial charge in [0.25, 0.3) is 0 Å². The van der Waals surface area contributed by atoms with E-state index in [1.54, 1.807) is 5.57 Å². The zero-order valence-corrected chi connectivity index (χ0v) is 12.2. The molecule has 1 heteroatoms. The van der Waals surface area contributed by atoms with Crippen LogP contribution in [0.2, 0.25) is 0 Å². The van der Waals surface area contributed by atoms with Crippen LogP contribution in [-0.4, -0.2) is 5.78 Å². The monoisotopic (exact) mass is 266 g/mol. The Bertz CT molecular complexity index is 610. The third-order valence-electron chi connectivity index (χ3n) is 5.81. The number of aryl methyl sites for hydroxylation is 1. The van der Waals surface area contributed by atoms with Crippen molar-refractivity contribution in [3.63, 3.8) is 0 Å². The van der Waals surface area contributed by atoms with Crippen molar-refractivity contribution in [3.05, 3.63) is 46.5 Å². The van der Waals surface area contributed by atoms with Gasteiger partial charge in [-0.15, -0.1) is 0 Å². The molecule has 4 rings (SSSR count). The van der Waals surface area contributed by atoms with Gasteiger partial charge in [0.1, 0.15) is 0 Å². The normalized spacial score (nSPS) is 30.8. The van der Waals surface area contributed by atoms with Crippen molar-refractivity contribution in [2.45, 2.75) is 57.3 Å². The molecule has 0 aliphatic heterocycles. The highest BCUT2D eigenvalue weighted by Crippen LogP contribution is 2.58. The molecular weight excluding hydrogens is 244 g/mol. The number of hydrogen-bond acceptors (Lipinski definition) is 1. The first-order valence-corrected chi connectivity index (χ1v) is 8.08. The topological polar surface area (TPSA) is 17.1 Å². The summed E-state index contributed by atoms with van der Waals surface area (Å²) in [5, 5.41) is 0. The molecule has 0 saturated heterocycles. The highest BCUT2D eigenvalue weighted by Gasteiger charge is 2.51. The SMILES string of the molecule is CCCc1cccc2c1C(=O)CCC21CC2=CCC1C2. The quantitative estimate of drug-likeness (QED) is 0.715. The van der Waals surface area contributed by atoms with E-state index in [1.807, 2.05) is 0 Å². The minimum absolute atomic E-state index is 0.303. The summed E-state index contributed by atoms with van der Waals surface area (Å²) in [5.41, 5.74) is 5.75. The van der Waals surface area contributed by atoms with Crippen molar-refractivity contribution in [1.29, 1.82) is 0 Å². The fraction of sp³-hybridized carbons (Fsp3) is 0.526. The Morgan fingerprint density at radius 3 is 2.95 bits per heavy atom. The molecular formula is C19H22O. The van der Waals surface area contributed by atoms with Gasteiger partial charge in [-0.2, -0.15) is 0 Å². The maximum absolute atomic E-state index is 12.5. The van der Waals surface area contributed by atoms with Gasteiger partial charge in [0.2, 0.25) is 0 Å². The predicted octanol–water partition coefficient (Wildman–Crippen LogP) is 4.59. The third-order valence-corrected chi connectivity index (χ3v) is 5.81. The largest absolute Gasteiger partial charge is 0.294 e. The molecule has 2 bridgehead atoms. The molecule has 2 unspecified atom stereocenters. The van der Waals surface area contributed by atoms with E-state index in [0.29, 0.717) is 11.2 Å². The van der Waals surface area contributed by atoms with Gasteiger partial charge < -0.3 is 0 Å². The van der Waals surface area contributed by atoms with Crippen LogP contribution in [0.15, 0.2) is 29.8 Å². The number of carbonyl (C=O) groups is 1. The average Bonchev–Trinajstić information content (AvgIpc) is 3.05. The molecule has 20 heavy (non-hydrogen) atoms. The molecule has 0 heterocycles. The summed E-state index contributed by atoms with van der Waals surface area (Å²) < 4.78 is 0. The van der Waals surface area contributed by atoms with Gasteiger partial charge in [-0.25, -0.2) is 0 Å². The molecule has 104 valence electrons. The Morgan fingerprint density at radius 2 is 2.25 bits per heavy atom. The van der Waals surface area contributed by atoms with Crippen molar-refractivity contribution < 1.29 is 4.79 Å². The van der Waals surface area contributed by atoms with Gasteiger partial charge in [-0.05, 0) is 49.1 Å². The van der Waals surface area contributed by atoms with Crippen LogP contribution in [0, 0.1) is 5.92 Å². The van der Waals surface area contributed by atoms with Crippen LogP contribution in [0.4, 0.5) is 0 Å². The van der Waals surface area contributed by atoms with Crippen molar-refractivity contribution in [3.8, 4) is 0 Å². The lowest BCUT2D eigenvalue weighted by Crippen LogP contribution is -2.37. The van der Waals surface area contributed by atoms with Crippen LogP contribution in [0.1, 0.15) is 66.9 Å². The minimum Gasteiger partial charge on any atom is -0.294 e. The molecule has 0 N–H and O–H groups in total. The van der Waals surface area contributed by atoms with Crippen molar-refractivity contribution in [2.75, 3.05) is 0 Å². The Hall–Kier alpha value is -1.37. The summed E-state index contributed by atoms with van der Waals surface area (Å²) in [6.07, 6.45) is 10.2. The molecule has 0 aromatic heterocycles. The Kier molecular flexibility index (Phi) is 2.67. The van der Waals surface area contributed by atoms with Gasteiger partial charge in [-0.3, -0.25) is 4.79 Å². The molecule has 1 aromatic rings. The summed E-state index contributed by atoms with van der Waals surface area (Å²) in [4.78, 5) is 12.5. The molecule has 1 aromatic carbocycles. The van der Waals surface area contributed by atoms with Crippen LogP contribution in [0.3, 0.4) is 0 Å². The summed E-state index contributed by atoms with van der Waals surface area (Å²) in [5.74, 6) is 1.16. The van der Waals surface area contributed by atoms with Crippen LogP contribution >= 0.6 is 0 Å². The van der Waals surface area contributed by atoms with E-state index in [2.05, 4.69) is 31.2 Å². The van der Waals surface area contributed by atoms with Crippen molar-refractivity contribution in [1.82, 2.24) is 0 Å². The number of allylic oxidation sites excluding steroid dienone is 2. The lowest BCUT2D eigenvalue weighted by atomic mass is 9.61. The van der Waals surface area contributed by atoms with Crippen LogP contribution in [0.25, 0.3) is 0 Å². The average molecular weight is 266 g/mol. The Balaban J connectivity index is 1.89. The highest BCUT2D eigenvalue weighted by atomic mass is 16.1. The Labute approximate surface area is 121 Å². The fourth-order valence-corrected chi connectivity index (χ4v) is 4.93. The fourth-order valence-electron chi connectivity index (χ4n) is 4.93. The summed E-state index contributed by atoms with van der Waals surface area (Å²) in [7, 11) is 0. The molecule has 1 fully saturated rings. The van der Waals surface area contributed by atoms with E-state index in [0.717, 1.165) is 37.2 Å². The zero-order valence-electron chi connectivity index (χ0n) is 12.2. The van der Waals surface area contributed by atoms with Gasteiger partial charge >= 0.3 is 0 Å². The number of hydrogen-bond donors (Lipinski definition) is 0. The van der Waals surface area contributed by atoms with Gasteiger partial charge in [0.05, 0.1) is 0 Å². The molecule has 1 saturated carbocycles. The second-order valence-corrected chi connectivity index (χ2v) is 6.84. The number of carbonyl (C=O) groups excluding carboxylic acids is 1. The molecule has 0 radical (unpaired) electrons. The van der Waals surface area contributed by atoms with E-state index in [-0.39, 0.29) is 0 Å². The lowest BCUT2D eigenvalue weighted by molar-refractivity contribution is 0.0938. The van der Waals surface area contributed by atoms with E-state index in [9.17, 15) is 4.79 Å². The van der Waals surface area contributed by atoms with Gasteiger partial charge in [0.15, 0.2) is 5.78 Å². The maximum atomic E-state index is 12.5. The lowest BCUT2D eigenvalue weighted by Gasteiger charge is -2.41. The summed E-state index contributed by atoms with van der Waals surface area (Å²) >= 11 is 0. The second kappa shape index (κ2) is 4.31. The summed E-state index contributed by atoms with van der Waals surface area (Å²) in [6.45, 7) is 2.20. The maximum Gasteiger partial charge on any atom is 0.163 e. The molecule has 3 aliphatic carbocycles. The van der Waals surface area contributed by atoms with Crippen LogP contribution in [0.5, 0.6) is 0 Å².